The van der Waals surface area contributed by atoms with Crippen molar-refractivity contribution in [3.63, 3.8) is 0 Å². The second kappa shape index (κ2) is 6.31. The molecule has 3 aromatic rings. The molecule has 2 aromatic heterocycles. The molecule has 2 heterocycles. The van der Waals surface area contributed by atoms with Crippen molar-refractivity contribution in [2.45, 2.75) is 33.7 Å². The Morgan fingerprint density at radius 1 is 1.25 bits per heavy atom. The van der Waals surface area contributed by atoms with Gasteiger partial charge in [-0.05, 0) is 37.5 Å². The van der Waals surface area contributed by atoms with Gasteiger partial charge in [-0.1, -0.05) is 18.2 Å². The molecule has 0 radical (unpaired) electrons. The first kappa shape index (κ1) is 16.0. The highest BCUT2D eigenvalue weighted by molar-refractivity contribution is 5.90. The highest BCUT2D eigenvalue weighted by atomic mass is 16.1. The van der Waals surface area contributed by atoms with Crippen LogP contribution >= 0.6 is 0 Å². The van der Waals surface area contributed by atoms with Gasteiger partial charge in [-0.25, -0.2) is 5.10 Å². The standard InChI is InChI=1S/C18H20N4O2/c1-10-5-4-6-14-13(8-20-17(10)14)7-16(23)19-9-15-11(2)12(3)21-22-18(15)24/h4-6,8,20H,7,9H2,1-3H3,(H,19,23)(H,22,24). The van der Waals surface area contributed by atoms with Gasteiger partial charge in [0.1, 0.15) is 0 Å². The van der Waals surface area contributed by atoms with Crippen molar-refractivity contribution in [3.05, 3.63) is 62.7 Å². The zero-order valence-corrected chi connectivity index (χ0v) is 14.0. The molecular formula is C18H20N4O2. The molecule has 124 valence electrons. The smallest absolute Gasteiger partial charge is 0.269 e. The first-order chi connectivity index (χ1) is 11.5. The molecule has 6 heteroatoms. The summed E-state index contributed by atoms with van der Waals surface area (Å²) in [7, 11) is 0. The zero-order chi connectivity index (χ0) is 17.3. The number of H-pyrrole nitrogens is 2. The predicted molar refractivity (Wildman–Crippen MR) is 92.9 cm³/mol. The number of carbonyl (C=O) groups is 1. The Labute approximate surface area is 139 Å². The van der Waals surface area contributed by atoms with Crippen LogP contribution in [0.25, 0.3) is 10.9 Å². The number of carbonyl (C=O) groups excluding carboxylic acids is 1. The molecule has 0 spiro atoms. The van der Waals surface area contributed by atoms with Crippen LogP contribution in [0.5, 0.6) is 0 Å². The van der Waals surface area contributed by atoms with E-state index in [9.17, 15) is 9.59 Å². The summed E-state index contributed by atoms with van der Waals surface area (Å²) in [5.41, 5.74) is 4.99. The highest BCUT2D eigenvalue weighted by Crippen LogP contribution is 2.21. The maximum Gasteiger partial charge on any atom is 0.269 e. The van der Waals surface area contributed by atoms with Gasteiger partial charge in [0.2, 0.25) is 5.91 Å². The summed E-state index contributed by atoms with van der Waals surface area (Å²) in [5.74, 6) is -0.120. The number of aromatic amines is 2. The summed E-state index contributed by atoms with van der Waals surface area (Å²) in [6, 6.07) is 6.02. The van der Waals surface area contributed by atoms with Gasteiger partial charge in [0.15, 0.2) is 0 Å². The van der Waals surface area contributed by atoms with Crippen LogP contribution in [0, 0.1) is 20.8 Å². The van der Waals surface area contributed by atoms with Gasteiger partial charge in [-0.15, -0.1) is 0 Å². The molecular weight excluding hydrogens is 304 g/mol. The molecule has 0 bridgehead atoms. The molecule has 0 unspecified atom stereocenters. The van der Waals surface area contributed by atoms with Crippen molar-refractivity contribution in [1.29, 1.82) is 0 Å². The van der Waals surface area contributed by atoms with Crippen molar-refractivity contribution >= 4 is 16.8 Å². The number of rotatable bonds is 4. The minimum absolute atomic E-state index is 0.120. The van der Waals surface area contributed by atoms with Crippen molar-refractivity contribution in [1.82, 2.24) is 20.5 Å². The largest absolute Gasteiger partial charge is 0.361 e. The SMILES string of the molecule is Cc1n[nH]c(=O)c(CNC(=O)Cc2c[nH]c3c(C)cccc23)c1C. The highest BCUT2D eigenvalue weighted by Gasteiger charge is 2.12. The van der Waals surface area contributed by atoms with E-state index in [1.807, 2.05) is 45.2 Å². The van der Waals surface area contributed by atoms with Crippen LogP contribution in [0.3, 0.4) is 0 Å². The van der Waals surface area contributed by atoms with E-state index in [1.165, 1.54) is 0 Å². The molecule has 0 saturated heterocycles. The number of nitrogens with one attached hydrogen (secondary N) is 3. The number of aryl methyl sites for hydroxylation is 2. The minimum Gasteiger partial charge on any atom is -0.361 e. The first-order valence-electron chi connectivity index (χ1n) is 7.84. The Bertz CT molecular complexity index is 969. The van der Waals surface area contributed by atoms with Crippen molar-refractivity contribution in [3.8, 4) is 0 Å². The Hall–Kier alpha value is -2.89. The monoisotopic (exact) mass is 324 g/mol. The van der Waals surface area contributed by atoms with Crippen LogP contribution in [0.15, 0.2) is 29.2 Å². The van der Waals surface area contributed by atoms with Gasteiger partial charge in [0.05, 0.1) is 12.1 Å². The van der Waals surface area contributed by atoms with E-state index in [0.29, 0.717) is 5.56 Å². The molecule has 0 aliphatic carbocycles. The first-order valence-corrected chi connectivity index (χ1v) is 7.84. The number of hydrogen-bond acceptors (Lipinski definition) is 3. The molecule has 3 rings (SSSR count). The Morgan fingerprint density at radius 2 is 2.04 bits per heavy atom. The van der Waals surface area contributed by atoms with Crippen LogP contribution in [0.1, 0.15) is 27.9 Å². The minimum atomic E-state index is -0.263. The van der Waals surface area contributed by atoms with Gasteiger partial charge in [0, 0.05) is 29.2 Å². The quantitative estimate of drug-likeness (QED) is 0.686. The van der Waals surface area contributed by atoms with Crippen molar-refractivity contribution < 1.29 is 4.79 Å². The van der Waals surface area contributed by atoms with E-state index in [1.54, 1.807) is 0 Å². The molecule has 0 aliphatic rings. The number of benzene rings is 1. The third-order valence-corrected chi connectivity index (χ3v) is 4.42. The summed E-state index contributed by atoms with van der Waals surface area (Å²) < 4.78 is 0. The van der Waals surface area contributed by atoms with Crippen LogP contribution in [-0.4, -0.2) is 21.1 Å². The molecule has 6 nitrogen and oxygen atoms in total. The van der Waals surface area contributed by atoms with Crippen molar-refractivity contribution in [2.75, 3.05) is 0 Å². The van der Waals surface area contributed by atoms with Crippen LogP contribution in [0.2, 0.25) is 0 Å². The number of aromatic nitrogens is 3. The molecule has 0 saturated carbocycles. The Morgan fingerprint density at radius 3 is 2.83 bits per heavy atom. The summed E-state index contributed by atoms with van der Waals surface area (Å²) >= 11 is 0. The van der Waals surface area contributed by atoms with E-state index in [0.717, 1.165) is 33.3 Å². The molecule has 0 atom stereocenters. The summed E-state index contributed by atoms with van der Waals surface area (Å²) in [6.45, 7) is 5.89. The average Bonchev–Trinajstić information content (AvgIpc) is 2.95. The number of hydrogen-bond donors (Lipinski definition) is 3. The summed E-state index contributed by atoms with van der Waals surface area (Å²) in [4.78, 5) is 27.3. The van der Waals surface area contributed by atoms with Crippen LogP contribution in [0.4, 0.5) is 0 Å². The van der Waals surface area contributed by atoms with E-state index < -0.39 is 0 Å². The van der Waals surface area contributed by atoms with E-state index in [-0.39, 0.29) is 24.4 Å². The van der Waals surface area contributed by atoms with Gasteiger partial charge in [-0.2, -0.15) is 5.10 Å². The second-order valence-corrected chi connectivity index (χ2v) is 6.01. The van der Waals surface area contributed by atoms with Crippen LogP contribution < -0.4 is 10.9 Å². The Balaban J connectivity index is 1.73. The molecule has 1 aromatic carbocycles. The number of fused-ring (bicyclic) bond motifs is 1. The van der Waals surface area contributed by atoms with E-state index in [2.05, 4.69) is 20.5 Å². The van der Waals surface area contributed by atoms with Gasteiger partial charge < -0.3 is 10.3 Å². The maximum absolute atomic E-state index is 12.3. The predicted octanol–water partition coefficient (Wildman–Crippen LogP) is 2.04. The van der Waals surface area contributed by atoms with Crippen LogP contribution in [-0.2, 0) is 17.8 Å². The molecule has 0 fully saturated rings. The topological polar surface area (TPSA) is 90.6 Å². The van der Waals surface area contributed by atoms with Gasteiger partial charge in [-0.3, -0.25) is 9.59 Å². The molecule has 24 heavy (non-hydrogen) atoms. The van der Waals surface area contributed by atoms with Gasteiger partial charge in [0.25, 0.3) is 5.56 Å². The molecule has 3 N–H and O–H groups in total. The van der Waals surface area contributed by atoms with Gasteiger partial charge >= 0.3 is 0 Å². The maximum atomic E-state index is 12.3. The third-order valence-electron chi connectivity index (χ3n) is 4.42. The zero-order valence-electron chi connectivity index (χ0n) is 14.0. The lowest BCUT2D eigenvalue weighted by Gasteiger charge is -2.08. The fraction of sp³-hybridized carbons (Fsp3) is 0.278. The molecule has 1 amide bonds. The Kier molecular flexibility index (Phi) is 4.20. The van der Waals surface area contributed by atoms with E-state index >= 15 is 0 Å². The normalized spacial score (nSPS) is 11.0. The number of para-hydroxylation sites is 1. The van der Waals surface area contributed by atoms with E-state index in [4.69, 9.17) is 0 Å². The summed E-state index contributed by atoms with van der Waals surface area (Å²) in [6.07, 6.45) is 2.14. The average molecular weight is 324 g/mol. The third kappa shape index (κ3) is 2.95. The molecule has 0 aliphatic heterocycles. The lowest BCUT2D eigenvalue weighted by Crippen LogP contribution is -2.29. The van der Waals surface area contributed by atoms with Crippen molar-refractivity contribution in [2.24, 2.45) is 0 Å². The second-order valence-electron chi connectivity index (χ2n) is 6.01. The number of amides is 1. The summed E-state index contributed by atoms with van der Waals surface area (Å²) in [5, 5.41) is 10.2. The lowest BCUT2D eigenvalue weighted by atomic mass is 10.1. The fourth-order valence-corrected chi connectivity index (χ4v) is 2.82. The lowest BCUT2D eigenvalue weighted by molar-refractivity contribution is -0.120. The number of nitrogens with zero attached hydrogens (tertiary/aromatic N) is 1. The fourth-order valence-electron chi connectivity index (χ4n) is 2.82.